The molecule has 124 valence electrons. The zero-order valence-corrected chi connectivity index (χ0v) is 14.0. The summed E-state index contributed by atoms with van der Waals surface area (Å²) in [6.07, 6.45) is 2.17. The summed E-state index contributed by atoms with van der Waals surface area (Å²) < 4.78 is 6.76. The van der Waals surface area contributed by atoms with Crippen LogP contribution < -0.4 is 15.6 Å². The van der Waals surface area contributed by atoms with Gasteiger partial charge in [0.2, 0.25) is 0 Å². The summed E-state index contributed by atoms with van der Waals surface area (Å²) in [6.45, 7) is 1.89. The molecule has 1 aromatic carbocycles. The molecule has 0 amide bonds. The maximum absolute atomic E-state index is 12.7. The average molecular weight is 346 g/mol. The molecule has 0 saturated heterocycles. The maximum Gasteiger partial charge on any atom is 0.263 e. The lowest BCUT2D eigenvalue weighted by Gasteiger charge is -2.13. The Hall–Kier alpha value is -2.73. The Morgan fingerprint density at radius 2 is 2.17 bits per heavy atom. The van der Waals surface area contributed by atoms with Crippen LogP contribution in [0.25, 0.3) is 5.65 Å². The molecule has 0 spiro atoms. The van der Waals surface area contributed by atoms with Gasteiger partial charge in [-0.1, -0.05) is 18.5 Å². The number of rotatable bonds is 4. The van der Waals surface area contributed by atoms with Crippen molar-refractivity contribution in [2.45, 2.75) is 13.3 Å². The first-order valence-corrected chi connectivity index (χ1v) is 7.76. The van der Waals surface area contributed by atoms with Crippen molar-refractivity contribution in [1.82, 2.24) is 9.38 Å². The number of pyridine rings is 1. The van der Waals surface area contributed by atoms with Crippen molar-refractivity contribution >= 4 is 28.8 Å². The number of anilines is 2. The molecule has 6 nitrogen and oxygen atoms in total. The topological polar surface area (TPSA) is 75.9 Å². The number of aromatic nitrogens is 2. The van der Waals surface area contributed by atoms with Crippen LogP contribution in [-0.2, 0) is 6.42 Å². The largest absolute Gasteiger partial charge is 0.506 e. The Morgan fingerprint density at radius 1 is 1.38 bits per heavy atom. The fraction of sp³-hybridized carbons (Fsp3) is 0.176. The predicted molar refractivity (Wildman–Crippen MR) is 93.8 cm³/mol. The van der Waals surface area contributed by atoms with E-state index in [1.54, 1.807) is 30.5 Å². The number of ether oxygens (including phenoxy) is 1. The van der Waals surface area contributed by atoms with Crippen LogP contribution in [0.15, 0.2) is 41.3 Å². The van der Waals surface area contributed by atoms with Crippen molar-refractivity contribution in [3.05, 3.63) is 57.5 Å². The molecule has 2 heterocycles. The van der Waals surface area contributed by atoms with E-state index in [1.807, 2.05) is 6.92 Å². The van der Waals surface area contributed by atoms with Gasteiger partial charge in [0.05, 0.1) is 17.7 Å². The van der Waals surface area contributed by atoms with E-state index < -0.39 is 0 Å². The summed E-state index contributed by atoms with van der Waals surface area (Å²) >= 11 is 5.93. The SMILES string of the molecule is CCc1c(Nc2ccc(O)c(Cl)c2)nc2c(OC)cccn2c1=O. The van der Waals surface area contributed by atoms with Gasteiger partial charge in [0.15, 0.2) is 11.4 Å². The monoisotopic (exact) mass is 345 g/mol. The van der Waals surface area contributed by atoms with Crippen molar-refractivity contribution < 1.29 is 9.84 Å². The number of aromatic hydroxyl groups is 1. The molecule has 24 heavy (non-hydrogen) atoms. The van der Waals surface area contributed by atoms with E-state index >= 15 is 0 Å². The van der Waals surface area contributed by atoms with Gasteiger partial charge in [-0.3, -0.25) is 9.20 Å². The molecule has 7 heteroatoms. The first kappa shape index (κ1) is 16.1. The van der Waals surface area contributed by atoms with Crippen molar-refractivity contribution in [3.8, 4) is 11.5 Å². The summed E-state index contributed by atoms with van der Waals surface area (Å²) in [5.74, 6) is 0.934. The molecule has 0 saturated carbocycles. The van der Waals surface area contributed by atoms with E-state index in [-0.39, 0.29) is 16.3 Å². The zero-order valence-electron chi connectivity index (χ0n) is 13.2. The lowest BCUT2D eigenvalue weighted by Crippen LogP contribution is -2.21. The highest BCUT2D eigenvalue weighted by Gasteiger charge is 2.14. The Bertz CT molecular complexity index is 969. The maximum atomic E-state index is 12.7. The van der Waals surface area contributed by atoms with Crippen LogP contribution in [0.4, 0.5) is 11.5 Å². The van der Waals surface area contributed by atoms with Crippen LogP contribution in [0.2, 0.25) is 5.02 Å². The third kappa shape index (κ3) is 2.76. The van der Waals surface area contributed by atoms with E-state index in [0.717, 1.165) is 0 Å². The molecule has 0 unspecified atom stereocenters. The van der Waals surface area contributed by atoms with Crippen LogP contribution in [0.3, 0.4) is 0 Å². The van der Waals surface area contributed by atoms with Crippen LogP contribution in [-0.4, -0.2) is 21.6 Å². The van der Waals surface area contributed by atoms with Crippen molar-refractivity contribution in [2.24, 2.45) is 0 Å². The lowest BCUT2D eigenvalue weighted by atomic mass is 10.2. The molecule has 0 atom stereocenters. The summed E-state index contributed by atoms with van der Waals surface area (Å²) in [5.41, 5.74) is 1.44. The summed E-state index contributed by atoms with van der Waals surface area (Å²) in [6, 6.07) is 8.19. The number of benzene rings is 1. The van der Waals surface area contributed by atoms with E-state index in [0.29, 0.717) is 34.9 Å². The van der Waals surface area contributed by atoms with Crippen molar-refractivity contribution in [3.63, 3.8) is 0 Å². The van der Waals surface area contributed by atoms with Crippen molar-refractivity contribution in [1.29, 1.82) is 0 Å². The standard InChI is InChI=1S/C17H16ClN3O3/c1-3-11-15(19-10-6-7-13(22)12(18)9-10)20-16-14(24-2)5-4-8-21(16)17(11)23/h4-9,19,22H,3H2,1-2H3. The minimum atomic E-state index is -0.159. The Kier molecular flexibility index (Phi) is 4.31. The normalized spacial score (nSPS) is 10.8. The van der Waals surface area contributed by atoms with E-state index in [9.17, 15) is 9.90 Å². The van der Waals surface area contributed by atoms with Crippen LogP contribution in [0.1, 0.15) is 12.5 Å². The summed E-state index contributed by atoms with van der Waals surface area (Å²) in [7, 11) is 1.53. The van der Waals surface area contributed by atoms with Crippen LogP contribution in [0.5, 0.6) is 11.5 Å². The van der Waals surface area contributed by atoms with E-state index in [4.69, 9.17) is 16.3 Å². The number of nitrogens with one attached hydrogen (secondary N) is 1. The minimum absolute atomic E-state index is 0.00820. The Morgan fingerprint density at radius 3 is 2.83 bits per heavy atom. The smallest absolute Gasteiger partial charge is 0.263 e. The molecular formula is C17H16ClN3O3. The molecule has 3 aromatic rings. The highest BCUT2D eigenvalue weighted by Crippen LogP contribution is 2.28. The lowest BCUT2D eigenvalue weighted by molar-refractivity contribution is 0.416. The van der Waals surface area contributed by atoms with Gasteiger partial charge in [-0.15, -0.1) is 0 Å². The van der Waals surface area contributed by atoms with Gasteiger partial charge in [0.1, 0.15) is 11.6 Å². The summed E-state index contributed by atoms with van der Waals surface area (Å²) in [5, 5.41) is 12.8. The number of hydrogen-bond acceptors (Lipinski definition) is 5. The van der Waals surface area contributed by atoms with Gasteiger partial charge < -0.3 is 15.2 Å². The van der Waals surface area contributed by atoms with Crippen LogP contribution in [0, 0.1) is 0 Å². The van der Waals surface area contributed by atoms with Crippen molar-refractivity contribution in [2.75, 3.05) is 12.4 Å². The number of hydrogen-bond donors (Lipinski definition) is 2. The highest BCUT2D eigenvalue weighted by atomic mass is 35.5. The number of phenolic OH excluding ortho intramolecular Hbond substituents is 1. The first-order valence-electron chi connectivity index (χ1n) is 7.39. The van der Waals surface area contributed by atoms with Gasteiger partial charge in [-0.05, 0) is 36.8 Å². The quantitative estimate of drug-likeness (QED) is 0.709. The van der Waals surface area contributed by atoms with Gasteiger partial charge in [0, 0.05) is 11.9 Å². The van der Waals surface area contributed by atoms with E-state index in [2.05, 4.69) is 10.3 Å². The molecule has 0 radical (unpaired) electrons. The number of methoxy groups -OCH3 is 1. The number of phenols is 1. The molecule has 0 aliphatic heterocycles. The number of halogens is 1. The van der Waals surface area contributed by atoms with Gasteiger partial charge in [0.25, 0.3) is 5.56 Å². The zero-order chi connectivity index (χ0) is 17.3. The number of fused-ring (bicyclic) bond motifs is 1. The Labute approximate surface area is 143 Å². The van der Waals surface area contributed by atoms with Gasteiger partial charge in [-0.25, -0.2) is 4.98 Å². The van der Waals surface area contributed by atoms with E-state index in [1.165, 1.54) is 17.6 Å². The molecule has 2 N–H and O–H groups in total. The first-order chi connectivity index (χ1) is 11.5. The molecule has 0 bridgehead atoms. The van der Waals surface area contributed by atoms with Gasteiger partial charge in [-0.2, -0.15) is 0 Å². The Balaban J connectivity index is 2.19. The second kappa shape index (κ2) is 6.41. The minimum Gasteiger partial charge on any atom is -0.506 e. The molecular weight excluding hydrogens is 330 g/mol. The van der Waals surface area contributed by atoms with Crippen LogP contribution >= 0.6 is 11.6 Å². The predicted octanol–water partition coefficient (Wildman–Crippen LogP) is 3.37. The second-order valence-electron chi connectivity index (χ2n) is 5.16. The molecule has 0 aliphatic rings. The average Bonchev–Trinajstić information content (AvgIpc) is 2.58. The fourth-order valence-corrected chi connectivity index (χ4v) is 2.66. The second-order valence-corrected chi connectivity index (χ2v) is 5.57. The fourth-order valence-electron chi connectivity index (χ4n) is 2.48. The molecule has 2 aromatic heterocycles. The molecule has 0 aliphatic carbocycles. The highest BCUT2D eigenvalue weighted by molar-refractivity contribution is 6.32. The van der Waals surface area contributed by atoms with Gasteiger partial charge >= 0.3 is 0 Å². The third-order valence-electron chi connectivity index (χ3n) is 3.70. The third-order valence-corrected chi connectivity index (χ3v) is 4.00. The number of nitrogens with zero attached hydrogens (tertiary/aromatic N) is 2. The summed E-state index contributed by atoms with van der Waals surface area (Å²) in [4.78, 5) is 17.3. The molecule has 0 fully saturated rings. The molecule has 3 rings (SSSR count).